The average molecular weight is 281 g/mol. The number of nitrogens with zero attached hydrogens (tertiary/aromatic N) is 1. The second-order valence-electron chi connectivity index (χ2n) is 5.11. The Morgan fingerprint density at radius 2 is 2.10 bits per heavy atom. The number of benzene rings is 1. The fourth-order valence-electron chi connectivity index (χ4n) is 2.51. The third-order valence-electron chi connectivity index (χ3n) is 3.43. The number of rotatable bonds is 2. The molecule has 1 aliphatic heterocycles. The van der Waals surface area contributed by atoms with Gasteiger partial charge in [-0.2, -0.15) is 0 Å². The molecular weight excluding hydrogens is 266 g/mol. The third-order valence-corrected chi connectivity index (χ3v) is 3.43. The molecule has 2 aromatic rings. The Kier molecular flexibility index (Phi) is 3.17. The van der Waals surface area contributed by atoms with Gasteiger partial charge in [0.05, 0.1) is 6.42 Å². The summed E-state index contributed by atoms with van der Waals surface area (Å²) in [7, 11) is 0. The Balaban J connectivity index is 1.96. The van der Waals surface area contributed by atoms with Crippen LogP contribution in [0.1, 0.15) is 18.2 Å². The summed E-state index contributed by atoms with van der Waals surface area (Å²) in [6.45, 7) is 3.35. The molecule has 0 atom stereocenters. The van der Waals surface area contributed by atoms with E-state index in [0.717, 1.165) is 28.1 Å². The van der Waals surface area contributed by atoms with Crippen LogP contribution >= 0.6 is 0 Å². The molecule has 0 fully saturated rings. The van der Waals surface area contributed by atoms with Crippen molar-refractivity contribution in [1.29, 1.82) is 0 Å². The van der Waals surface area contributed by atoms with E-state index in [-0.39, 0.29) is 11.8 Å². The minimum absolute atomic E-state index is 0.0259. The van der Waals surface area contributed by atoms with Gasteiger partial charge >= 0.3 is 0 Å². The van der Waals surface area contributed by atoms with E-state index in [1.54, 1.807) is 6.07 Å². The number of pyridine rings is 1. The van der Waals surface area contributed by atoms with Crippen LogP contribution in [0.3, 0.4) is 0 Å². The Morgan fingerprint density at radius 3 is 2.81 bits per heavy atom. The van der Waals surface area contributed by atoms with Crippen LogP contribution in [0.15, 0.2) is 30.3 Å². The van der Waals surface area contributed by atoms with E-state index < -0.39 is 0 Å². The number of nitrogens with one attached hydrogen (secondary N) is 2. The lowest BCUT2D eigenvalue weighted by Crippen LogP contribution is -2.08. The first-order valence-corrected chi connectivity index (χ1v) is 6.71. The van der Waals surface area contributed by atoms with E-state index in [4.69, 9.17) is 0 Å². The van der Waals surface area contributed by atoms with E-state index in [2.05, 4.69) is 15.6 Å². The van der Waals surface area contributed by atoms with E-state index in [1.807, 2.05) is 31.2 Å². The number of hydrogen-bond acceptors (Lipinski definition) is 3. The molecule has 0 unspecified atom stereocenters. The highest BCUT2D eigenvalue weighted by molar-refractivity contribution is 5.99. The van der Waals surface area contributed by atoms with Gasteiger partial charge in [0, 0.05) is 23.9 Å². The van der Waals surface area contributed by atoms with Crippen LogP contribution in [-0.2, 0) is 16.0 Å². The molecular formula is C16H15N3O2. The Bertz CT molecular complexity index is 753. The van der Waals surface area contributed by atoms with Gasteiger partial charge in [-0.05, 0) is 42.3 Å². The predicted molar refractivity (Wildman–Crippen MR) is 81.0 cm³/mol. The zero-order valence-corrected chi connectivity index (χ0v) is 11.9. The van der Waals surface area contributed by atoms with Gasteiger partial charge in [-0.1, -0.05) is 6.07 Å². The molecule has 5 heteroatoms. The van der Waals surface area contributed by atoms with Gasteiger partial charge in [-0.3, -0.25) is 9.59 Å². The first kappa shape index (κ1) is 13.3. The van der Waals surface area contributed by atoms with Gasteiger partial charge < -0.3 is 10.6 Å². The average Bonchev–Trinajstić information content (AvgIpc) is 2.77. The minimum atomic E-state index is -0.142. The summed E-state index contributed by atoms with van der Waals surface area (Å²) in [6.07, 6.45) is 0.416. The van der Waals surface area contributed by atoms with Gasteiger partial charge in [0.15, 0.2) is 0 Å². The van der Waals surface area contributed by atoms with E-state index >= 15 is 0 Å². The molecule has 2 amide bonds. The summed E-state index contributed by atoms with van der Waals surface area (Å²) in [6, 6.07) is 9.60. The summed E-state index contributed by atoms with van der Waals surface area (Å²) in [5.74, 6) is 0.427. The van der Waals surface area contributed by atoms with Crippen LogP contribution in [-0.4, -0.2) is 16.8 Å². The molecule has 0 saturated heterocycles. The smallest absolute Gasteiger partial charge is 0.228 e. The van der Waals surface area contributed by atoms with E-state index in [0.29, 0.717) is 12.2 Å². The lowest BCUT2D eigenvalue weighted by molar-refractivity contribution is -0.115. The van der Waals surface area contributed by atoms with Crippen molar-refractivity contribution in [3.05, 3.63) is 41.6 Å². The SMILES string of the molecule is CC(=O)Nc1ccc(-c2ccc3c(c2)CC(=O)N3)c(C)n1. The molecule has 1 aliphatic rings. The minimum Gasteiger partial charge on any atom is -0.326 e. The number of aryl methyl sites for hydroxylation is 1. The molecule has 1 aromatic carbocycles. The molecule has 2 heterocycles. The molecule has 21 heavy (non-hydrogen) atoms. The standard InChI is InChI=1S/C16H15N3O2/c1-9-13(4-6-15(17-9)18-10(2)20)11-3-5-14-12(7-11)8-16(21)19-14/h3-7H,8H2,1-2H3,(H,19,21)(H,17,18,20). The third kappa shape index (κ3) is 2.63. The summed E-state index contributed by atoms with van der Waals surface area (Å²) < 4.78 is 0. The predicted octanol–water partition coefficient (Wildman–Crippen LogP) is 2.51. The quantitative estimate of drug-likeness (QED) is 0.888. The second kappa shape index (κ2) is 5.01. The van der Waals surface area contributed by atoms with Crippen LogP contribution in [0.2, 0.25) is 0 Å². The van der Waals surface area contributed by atoms with Crippen molar-refractivity contribution in [2.45, 2.75) is 20.3 Å². The Hall–Kier alpha value is -2.69. The van der Waals surface area contributed by atoms with Crippen LogP contribution in [0, 0.1) is 6.92 Å². The van der Waals surface area contributed by atoms with Crippen molar-refractivity contribution < 1.29 is 9.59 Å². The first-order valence-electron chi connectivity index (χ1n) is 6.71. The number of aromatic nitrogens is 1. The molecule has 1 aromatic heterocycles. The summed E-state index contributed by atoms with van der Waals surface area (Å²) >= 11 is 0. The highest BCUT2D eigenvalue weighted by Crippen LogP contribution is 2.30. The molecule has 106 valence electrons. The monoisotopic (exact) mass is 281 g/mol. The van der Waals surface area contributed by atoms with Crippen LogP contribution in [0.25, 0.3) is 11.1 Å². The molecule has 0 radical (unpaired) electrons. The number of carbonyl (C=O) groups is 2. The van der Waals surface area contributed by atoms with Gasteiger partial charge in [0.1, 0.15) is 5.82 Å². The number of amides is 2. The van der Waals surface area contributed by atoms with E-state index in [1.165, 1.54) is 6.92 Å². The van der Waals surface area contributed by atoms with Crippen molar-refractivity contribution >= 4 is 23.3 Å². The second-order valence-corrected chi connectivity index (χ2v) is 5.11. The molecule has 0 spiro atoms. The lowest BCUT2D eigenvalue weighted by Gasteiger charge is -2.09. The Labute approximate surface area is 122 Å². The van der Waals surface area contributed by atoms with Crippen molar-refractivity contribution in [2.24, 2.45) is 0 Å². The molecule has 0 saturated carbocycles. The Morgan fingerprint density at radius 1 is 1.29 bits per heavy atom. The van der Waals surface area contributed by atoms with Crippen LogP contribution < -0.4 is 10.6 Å². The van der Waals surface area contributed by atoms with Crippen molar-refractivity contribution in [3.63, 3.8) is 0 Å². The van der Waals surface area contributed by atoms with Gasteiger partial charge in [0.25, 0.3) is 0 Å². The van der Waals surface area contributed by atoms with Crippen LogP contribution in [0.5, 0.6) is 0 Å². The van der Waals surface area contributed by atoms with E-state index in [9.17, 15) is 9.59 Å². The zero-order chi connectivity index (χ0) is 15.0. The highest BCUT2D eigenvalue weighted by Gasteiger charge is 2.18. The zero-order valence-electron chi connectivity index (χ0n) is 11.9. The number of fused-ring (bicyclic) bond motifs is 1. The fraction of sp³-hybridized carbons (Fsp3) is 0.188. The van der Waals surface area contributed by atoms with Gasteiger partial charge in [0.2, 0.25) is 11.8 Å². The largest absolute Gasteiger partial charge is 0.326 e. The van der Waals surface area contributed by atoms with Gasteiger partial charge in [-0.15, -0.1) is 0 Å². The first-order chi connectivity index (χ1) is 10.0. The maximum atomic E-state index is 11.4. The molecule has 5 nitrogen and oxygen atoms in total. The highest BCUT2D eigenvalue weighted by atomic mass is 16.2. The van der Waals surface area contributed by atoms with Crippen molar-refractivity contribution in [3.8, 4) is 11.1 Å². The number of anilines is 2. The van der Waals surface area contributed by atoms with Crippen molar-refractivity contribution in [2.75, 3.05) is 10.6 Å². The number of carbonyl (C=O) groups excluding carboxylic acids is 2. The summed E-state index contributed by atoms with van der Waals surface area (Å²) in [5, 5.41) is 5.49. The fourth-order valence-corrected chi connectivity index (χ4v) is 2.51. The summed E-state index contributed by atoms with van der Waals surface area (Å²) in [4.78, 5) is 26.8. The topological polar surface area (TPSA) is 71.1 Å². The van der Waals surface area contributed by atoms with Gasteiger partial charge in [-0.25, -0.2) is 4.98 Å². The molecule has 0 bridgehead atoms. The lowest BCUT2D eigenvalue weighted by atomic mass is 10.0. The molecule has 2 N–H and O–H groups in total. The molecule has 3 rings (SSSR count). The number of hydrogen-bond donors (Lipinski definition) is 2. The normalized spacial score (nSPS) is 12.8. The summed E-state index contributed by atoms with van der Waals surface area (Å²) in [5.41, 5.74) is 4.72. The van der Waals surface area contributed by atoms with Crippen molar-refractivity contribution in [1.82, 2.24) is 4.98 Å². The maximum absolute atomic E-state index is 11.4. The maximum Gasteiger partial charge on any atom is 0.228 e. The van der Waals surface area contributed by atoms with Crippen LogP contribution in [0.4, 0.5) is 11.5 Å². The molecule has 0 aliphatic carbocycles.